The molecule has 0 aromatic heterocycles. The molecule has 0 aliphatic heterocycles. The molecular weight excluding hydrogens is 233 g/mol. The van der Waals surface area contributed by atoms with E-state index in [1.54, 1.807) is 18.4 Å². The van der Waals surface area contributed by atoms with Gasteiger partial charge in [0.05, 0.1) is 0 Å². The molecular formula is HBIPS2. The van der Waals surface area contributed by atoms with E-state index in [4.69, 9.17) is 7.57 Å². The van der Waals surface area contributed by atoms with Gasteiger partial charge in [-0.2, -0.15) is 0 Å². The summed E-state index contributed by atoms with van der Waals surface area (Å²) in [5.41, 5.74) is 0. The van der Waals surface area contributed by atoms with Crippen molar-refractivity contribution in [3.63, 3.8) is 0 Å². The van der Waals surface area contributed by atoms with Crippen LogP contribution in [-0.2, 0) is 0 Å². The Kier molecular flexibility index (Phi) is 8.21. The molecule has 5 heavy (non-hydrogen) atoms. The van der Waals surface area contributed by atoms with Crippen LogP contribution < -0.4 is 0 Å². The molecule has 1 atom stereocenters. The number of halogens is 1. The highest BCUT2D eigenvalue weighted by atomic mass is 127. The summed E-state index contributed by atoms with van der Waals surface area (Å²) in [4.78, 5) is 0. The summed E-state index contributed by atoms with van der Waals surface area (Å²) in [6, 6.07) is 0. The van der Waals surface area contributed by atoms with Crippen molar-refractivity contribution in [1.82, 2.24) is 0 Å². The summed E-state index contributed by atoms with van der Waals surface area (Å²) in [5, 5.41) is 0. The predicted octanol–water partition coefficient (Wildman–Crippen LogP) is 2.39. The highest BCUT2D eigenvalue weighted by molar-refractivity contribution is 14.2. The van der Waals surface area contributed by atoms with Gasteiger partial charge in [0.15, 0.2) is 0 Å². The Labute approximate surface area is 54.5 Å². The molecule has 0 aromatic carbocycles. The Morgan fingerprint density at radius 2 is 2.40 bits per heavy atom. The van der Waals surface area contributed by atoms with Gasteiger partial charge in [0, 0.05) is 21.2 Å². The second-order valence-electron chi connectivity index (χ2n) is 0.264. The van der Waals surface area contributed by atoms with Crippen LogP contribution in [0.25, 0.3) is 0 Å². The van der Waals surface area contributed by atoms with Crippen LogP contribution in [0.2, 0.25) is 0 Å². The summed E-state index contributed by atoms with van der Waals surface area (Å²) in [5.74, 6) is 0. The maximum Gasteiger partial charge on any atom is 0.120 e. The van der Waals surface area contributed by atoms with Crippen LogP contribution in [0.15, 0.2) is 0 Å². The fraction of sp³-hybridized carbons (Fsp3) is 0. The lowest BCUT2D eigenvalue weighted by atomic mass is 10.8. The molecule has 0 saturated heterocycles. The molecule has 0 N–H and O–H groups in total. The lowest BCUT2D eigenvalue weighted by Crippen LogP contribution is -1.21. The average molecular weight is 234 g/mol. The van der Waals surface area contributed by atoms with Crippen molar-refractivity contribution in [2.45, 2.75) is 0 Å². The molecule has 0 aliphatic rings. The Balaban J connectivity index is 2.19. The summed E-state index contributed by atoms with van der Waals surface area (Å²) >= 11 is 2.19. The van der Waals surface area contributed by atoms with Crippen molar-refractivity contribution >= 4 is 54.8 Å². The van der Waals surface area contributed by atoms with Crippen LogP contribution >= 0.6 is 47.2 Å². The highest BCUT2D eigenvalue weighted by Gasteiger charge is 1.69. The van der Waals surface area contributed by atoms with E-state index < -0.39 is 0 Å². The van der Waals surface area contributed by atoms with E-state index in [0.717, 1.165) is 0 Å². The normalized spacial score (nSPS) is 10.6. The van der Waals surface area contributed by atoms with Gasteiger partial charge in [-0.3, -0.25) is 0 Å². The van der Waals surface area contributed by atoms with Gasteiger partial charge < -0.3 is 0 Å². The largest absolute Gasteiger partial charge is 0.120 e. The molecule has 0 nitrogen and oxygen atoms in total. The summed E-state index contributed by atoms with van der Waals surface area (Å²) in [6.07, 6.45) is 0. The van der Waals surface area contributed by atoms with Crippen LogP contribution in [0.3, 0.4) is 0 Å². The van der Waals surface area contributed by atoms with Crippen LogP contribution in [0.1, 0.15) is 0 Å². The van der Waals surface area contributed by atoms with Crippen molar-refractivity contribution in [3.8, 4) is 0 Å². The standard InChI is InChI=1S/BHIPS2/c1-3-5-4-2/h3H. The molecule has 0 rings (SSSR count). The molecule has 0 fully saturated rings. The van der Waals surface area contributed by atoms with Crippen LogP contribution in [0, 0.1) is 0 Å². The number of hydrogen-bond donors (Lipinski definition) is 0. The summed E-state index contributed by atoms with van der Waals surface area (Å²) in [7, 11) is 8.98. The molecule has 0 aromatic rings. The van der Waals surface area contributed by atoms with Gasteiger partial charge in [-0.1, -0.05) is 10.4 Å². The summed E-state index contributed by atoms with van der Waals surface area (Å²) < 4.78 is 0. The maximum atomic E-state index is 5.10. The molecule has 0 bridgehead atoms. The fourth-order valence-corrected chi connectivity index (χ4v) is 3.29. The first kappa shape index (κ1) is 6.92. The van der Waals surface area contributed by atoms with E-state index in [0.29, 0.717) is 7.66 Å². The zero-order chi connectivity index (χ0) is 4.12. The molecule has 1 unspecified atom stereocenters. The second-order valence-corrected chi connectivity index (χ2v) is 7.11. The fourth-order valence-electron chi connectivity index (χ4n) is 0.0182. The first-order valence-electron chi connectivity index (χ1n) is 0.814. The lowest BCUT2D eigenvalue weighted by molar-refractivity contribution is 5.04. The Morgan fingerprint density at radius 3 is 2.40 bits per heavy atom. The van der Waals surface area contributed by atoms with E-state index >= 15 is 0 Å². The minimum Gasteiger partial charge on any atom is -0.101 e. The maximum absolute atomic E-state index is 5.10. The highest BCUT2D eigenvalue weighted by Crippen LogP contribution is 2.41. The molecule has 2 radical (unpaired) electrons. The van der Waals surface area contributed by atoms with Gasteiger partial charge in [-0.15, -0.1) is 7.66 Å². The molecule has 0 amide bonds. The predicted molar refractivity (Wildman–Crippen MR) is 43.3 cm³/mol. The van der Waals surface area contributed by atoms with Crippen LogP contribution in [0.5, 0.6) is 0 Å². The third-order valence-electron chi connectivity index (χ3n) is 0.0796. The molecule has 28 valence electrons. The van der Waals surface area contributed by atoms with Crippen molar-refractivity contribution in [2.75, 3.05) is 0 Å². The zero-order valence-electron chi connectivity index (χ0n) is 2.27. The van der Waals surface area contributed by atoms with Crippen molar-refractivity contribution in [1.29, 1.82) is 0 Å². The molecule has 0 aliphatic carbocycles. The van der Waals surface area contributed by atoms with Crippen LogP contribution in [-0.4, -0.2) is 7.57 Å². The van der Waals surface area contributed by atoms with Crippen molar-refractivity contribution in [3.05, 3.63) is 0 Å². The van der Waals surface area contributed by atoms with Gasteiger partial charge in [-0.25, -0.2) is 0 Å². The van der Waals surface area contributed by atoms with Gasteiger partial charge >= 0.3 is 0 Å². The Hall–Kier alpha value is 1.92. The van der Waals surface area contributed by atoms with E-state index in [1.807, 2.05) is 0 Å². The molecule has 0 spiro atoms. The minimum absolute atomic E-state index is 0.530. The van der Waals surface area contributed by atoms with Crippen LogP contribution in [0.4, 0.5) is 0 Å². The lowest BCUT2D eigenvalue weighted by Gasteiger charge is -1.78. The SMILES string of the molecule is [B]PSSI. The smallest absolute Gasteiger partial charge is 0.101 e. The quantitative estimate of drug-likeness (QED) is 0.311. The van der Waals surface area contributed by atoms with Gasteiger partial charge in [-0.05, 0) is 7.97 Å². The molecule has 5 heteroatoms. The van der Waals surface area contributed by atoms with Gasteiger partial charge in [0.1, 0.15) is 7.57 Å². The number of rotatable bonds is 2. The first-order chi connectivity index (χ1) is 2.41. The van der Waals surface area contributed by atoms with Crippen molar-refractivity contribution in [2.24, 2.45) is 0 Å². The third-order valence-corrected chi connectivity index (χ3v) is 7.00. The molecule has 0 saturated carbocycles. The van der Waals surface area contributed by atoms with E-state index in [2.05, 4.69) is 21.2 Å². The first-order valence-corrected chi connectivity index (χ1v) is 7.31. The Bertz CT molecular complexity index is 17.1. The Morgan fingerprint density at radius 1 is 1.80 bits per heavy atom. The topological polar surface area (TPSA) is 0 Å². The number of hydrogen-bond acceptors (Lipinski definition) is 2. The second kappa shape index (κ2) is 5.92. The minimum atomic E-state index is 0.530. The van der Waals surface area contributed by atoms with E-state index in [9.17, 15) is 0 Å². The van der Waals surface area contributed by atoms with Crippen molar-refractivity contribution < 1.29 is 0 Å². The third kappa shape index (κ3) is 5.92. The monoisotopic (exact) mass is 234 g/mol. The zero-order valence-corrected chi connectivity index (χ0v) is 7.06. The molecule has 0 heterocycles. The van der Waals surface area contributed by atoms with E-state index in [-0.39, 0.29) is 0 Å². The van der Waals surface area contributed by atoms with Gasteiger partial charge in [0.2, 0.25) is 0 Å². The van der Waals surface area contributed by atoms with Gasteiger partial charge in [0.25, 0.3) is 0 Å². The van der Waals surface area contributed by atoms with E-state index in [1.165, 1.54) is 0 Å². The average Bonchev–Trinajstić information content (AvgIpc) is 1.41. The summed E-state index contributed by atoms with van der Waals surface area (Å²) in [6.45, 7) is 0.